The zero-order valence-electron chi connectivity index (χ0n) is 15.5. The molecular formula is C20H15N3O6. The molecule has 2 heterocycles. The summed E-state index contributed by atoms with van der Waals surface area (Å²) in [6.45, 7) is 0. The van der Waals surface area contributed by atoms with Crippen LogP contribution < -0.4 is 9.47 Å². The van der Waals surface area contributed by atoms with Crippen LogP contribution in [0.1, 0.15) is 31.2 Å². The second kappa shape index (κ2) is 7.12. The van der Waals surface area contributed by atoms with Crippen LogP contribution in [0.2, 0.25) is 0 Å². The smallest absolute Gasteiger partial charge is 0.381 e. The first-order valence-corrected chi connectivity index (χ1v) is 8.51. The van der Waals surface area contributed by atoms with Gasteiger partial charge in [0.05, 0.1) is 31.0 Å². The Labute approximate surface area is 164 Å². The minimum absolute atomic E-state index is 0.0219. The molecule has 29 heavy (non-hydrogen) atoms. The minimum atomic E-state index is -0.918. The second-order valence-electron chi connectivity index (χ2n) is 6.07. The van der Waals surface area contributed by atoms with Crippen molar-refractivity contribution in [1.29, 1.82) is 0 Å². The Kier molecular flexibility index (Phi) is 4.47. The number of hydrogen-bond donors (Lipinski definition) is 1. The molecule has 9 nitrogen and oxygen atoms in total. The predicted molar refractivity (Wildman–Crippen MR) is 99.5 cm³/mol. The van der Waals surface area contributed by atoms with Gasteiger partial charge in [-0.3, -0.25) is 14.7 Å². The highest BCUT2D eigenvalue weighted by atomic mass is 16.7. The molecule has 9 heteroatoms. The third kappa shape index (κ3) is 3.08. The van der Waals surface area contributed by atoms with Crippen molar-refractivity contribution in [2.24, 2.45) is 0 Å². The molecule has 1 N–H and O–H groups in total. The lowest BCUT2D eigenvalue weighted by Gasteiger charge is -2.11. The SMILES string of the molecule is COc1ccc(-c2cc(C(=O)ON3C(=O)c4ccccc4C3=O)[nH]n2)cc1OC. The van der Waals surface area contributed by atoms with Crippen molar-refractivity contribution >= 4 is 17.8 Å². The van der Waals surface area contributed by atoms with Crippen LogP contribution in [-0.2, 0) is 4.84 Å². The molecule has 0 spiro atoms. The van der Waals surface area contributed by atoms with Gasteiger partial charge in [-0.05, 0) is 36.4 Å². The normalized spacial score (nSPS) is 12.7. The van der Waals surface area contributed by atoms with Gasteiger partial charge >= 0.3 is 5.97 Å². The third-order valence-electron chi connectivity index (χ3n) is 4.41. The average molecular weight is 393 g/mol. The molecule has 0 saturated heterocycles. The summed E-state index contributed by atoms with van der Waals surface area (Å²) in [6, 6.07) is 12.8. The van der Waals surface area contributed by atoms with Gasteiger partial charge < -0.3 is 14.3 Å². The molecule has 0 radical (unpaired) electrons. The number of nitrogens with one attached hydrogen (secondary N) is 1. The van der Waals surface area contributed by atoms with Crippen molar-refractivity contribution in [2.75, 3.05) is 14.2 Å². The fraction of sp³-hybridized carbons (Fsp3) is 0.100. The fourth-order valence-electron chi connectivity index (χ4n) is 2.95. The number of carbonyl (C=O) groups is 3. The fourth-order valence-corrected chi connectivity index (χ4v) is 2.95. The first-order valence-electron chi connectivity index (χ1n) is 8.51. The molecule has 0 saturated carbocycles. The van der Waals surface area contributed by atoms with Gasteiger partial charge in [-0.1, -0.05) is 17.2 Å². The van der Waals surface area contributed by atoms with Crippen LogP contribution in [-0.4, -0.2) is 47.3 Å². The maximum Gasteiger partial charge on any atom is 0.381 e. The Hall–Kier alpha value is -4.14. The minimum Gasteiger partial charge on any atom is -0.493 e. The number of imide groups is 1. The molecule has 3 aromatic rings. The largest absolute Gasteiger partial charge is 0.493 e. The van der Waals surface area contributed by atoms with Gasteiger partial charge in [0, 0.05) is 5.56 Å². The topological polar surface area (TPSA) is 111 Å². The molecule has 0 atom stereocenters. The number of fused-ring (bicyclic) bond motifs is 1. The van der Waals surface area contributed by atoms with Gasteiger partial charge in [0.25, 0.3) is 11.8 Å². The van der Waals surface area contributed by atoms with E-state index >= 15 is 0 Å². The lowest BCUT2D eigenvalue weighted by Crippen LogP contribution is -2.32. The number of hydrogen-bond acceptors (Lipinski definition) is 7. The van der Waals surface area contributed by atoms with Crippen molar-refractivity contribution in [3.63, 3.8) is 0 Å². The molecule has 2 amide bonds. The number of carbonyl (C=O) groups excluding carboxylic acids is 3. The molecule has 4 rings (SSSR count). The van der Waals surface area contributed by atoms with Crippen molar-refractivity contribution in [3.8, 4) is 22.8 Å². The number of aromatic nitrogens is 2. The van der Waals surface area contributed by atoms with Crippen LogP contribution in [0.25, 0.3) is 11.3 Å². The molecule has 0 bridgehead atoms. The first kappa shape index (κ1) is 18.2. The summed E-state index contributed by atoms with van der Waals surface area (Å²) in [5.74, 6) is -1.25. The van der Waals surface area contributed by atoms with Gasteiger partial charge in [0.1, 0.15) is 5.69 Å². The quantitative estimate of drug-likeness (QED) is 0.663. The highest BCUT2D eigenvalue weighted by Crippen LogP contribution is 2.32. The summed E-state index contributed by atoms with van der Waals surface area (Å²) in [5, 5.41) is 7.08. The number of rotatable bonds is 5. The molecule has 1 aliphatic heterocycles. The zero-order valence-corrected chi connectivity index (χ0v) is 15.5. The third-order valence-corrected chi connectivity index (χ3v) is 4.41. The number of H-pyrrole nitrogens is 1. The van der Waals surface area contributed by atoms with Crippen LogP contribution in [0.15, 0.2) is 48.5 Å². The van der Waals surface area contributed by atoms with Crippen molar-refractivity contribution < 1.29 is 28.7 Å². The molecule has 0 aliphatic carbocycles. The van der Waals surface area contributed by atoms with Crippen LogP contribution in [0, 0.1) is 0 Å². The highest BCUT2D eigenvalue weighted by Gasteiger charge is 2.39. The molecule has 1 aromatic heterocycles. The molecule has 2 aromatic carbocycles. The van der Waals surface area contributed by atoms with E-state index in [-0.39, 0.29) is 16.8 Å². The van der Waals surface area contributed by atoms with E-state index in [4.69, 9.17) is 14.3 Å². The number of aromatic amines is 1. The van der Waals surface area contributed by atoms with Gasteiger partial charge in [-0.15, -0.1) is 0 Å². The lowest BCUT2D eigenvalue weighted by molar-refractivity contribution is -0.0588. The monoisotopic (exact) mass is 393 g/mol. The van der Waals surface area contributed by atoms with Crippen molar-refractivity contribution in [2.45, 2.75) is 0 Å². The molecule has 0 unspecified atom stereocenters. The summed E-state index contributed by atoms with van der Waals surface area (Å²) in [5.41, 5.74) is 1.45. The number of hydroxylamine groups is 2. The maximum absolute atomic E-state index is 12.4. The number of amides is 2. The summed E-state index contributed by atoms with van der Waals surface area (Å²) < 4.78 is 10.5. The standard InChI is InChI=1S/C20H15N3O6/c1-27-16-8-7-11(9-17(16)28-2)14-10-15(22-21-14)20(26)29-23-18(24)12-5-3-4-6-13(12)19(23)25/h3-10H,1-2H3,(H,21,22). The lowest BCUT2D eigenvalue weighted by atomic mass is 10.1. The highest BCUT2D eigenvalue weighted by molar-refractivity contribution is 6.21. The Balaban J connectivity index is 1.54. The molecule has 1 aliphatic rings. The summed E-state index contributed by atoms with van der Waals surface area (Å²) >= 11 is 0. The van der Waals surface area contributed by atoms with Crippen LogP contribution in [0.4, 0.5) is 0 Å². The molecule has 0 fully saturated rings. The Morgan fingerprint density at radius 3 is 2.21 bits per heavy atom. The van der Waals surface area contributed by atoms with Gasteiger partial charge in [0.15, 0.2) is 11.5 Å². The van der Waals surface area contributed by atoms with Gasteiger partial charge in [-0.25, -0.2) is 4.79 Å². The Bertz CT molecular complexity index is 1100. The first-order chi connectivity index (χ1) is 14.0. The average Bonchev–Trinajstić information content (AvgIpc) is 3.34. The number of nitrogens with zero attached hydrogens (tertiary/aromatic N) is 2. The summed E-state index contributed by atoms with van der Waals surface area (Å²) in [4.78, 5) is 42.1. The number of benzene rings is 2. The van der Waals surface area contributed by atoms with Gasteiger partial charge in [-0.2, -0.15) is 5.10 Å². The van der Waals surface area contributed by atoms with E-state index in [1.807, 2.05) is 0 Å². The predicted octanol–water partition coefficient (Wildman–Crippen LogP) is 2.46. The van der Waals surface area contributed by atoms with Crippen molar-refractivity contribution in [1.82, 2.24) is 15.3 Å². The van der Waals surface area contributed by atoms with Crippen LogP contribution >= 0.6 is 0 Å². The van der Waals surface area contributed by atoms with E-state index in [0.29, 0.717) is 27.8 Å². The van der Waals surface area contributed by atoms with E-state index in [2.05, 4.69) is 10.2 Å². The van der Waals surface area contributed by atoms with E-state index in [0.717, 1.165) is 0 Å². The second-order valence-corrected chi connectivity index (χ2v) is 6.07. The molecular weight excluding hydrogens is 378 g/mol. The Morgan fingerprint density at radius 1 is 0.931 bits per heavy atom. The Morgan fingerprint density at radius 2 is 1.59 bits per heavy atom. The number of methoxy groups -OCH3 is 2. The van der Waals surface area contributed by atoms with E-state index in [1.165, 1.54) is 32.4 Å². The van der Waals surface area contributed by atoms with E-state index < -0.39 is 17.8 Å². The van der Waals surface area contributed by atoms with Gasteiger partial charge in [0.2, 0.25) is 0 Å². The maximum atomic E-state index is 12.4. The van der Waals surface area contributed by atoms with Crippen molar-refractivity contribution in [3.05, 3.63) is 65.4 Å². The van der Waals surface area contributed by atoms with E-state index in [9.17, 15) is 14.4 Å². The number of ether oxygens (including phenoxy) is 2. The zero-order chi connectivity index (χ0) is 20.5. The van der Waals surface area contributed by atoms with E-state index in [1.54, 1.807) is 30.3 Å². The van der Waals surface area contributed by atoms with Crippen LogP contribution in [0.3, 0.4) is 0 Å². The van der Waals surface area contributed by atoms with Crippen LogP contribution in [0.5, 0.6) is 11.5 Å². The summed E-state index contributed by atoms with van der Waals surface area (Å²) in [7, 11) is 3.04. The summed E-state index contributed by atoms with van der Waals surface area (Å²) in [6.07, 6.45) is 0. The molecule has 146 valence electrons.